The Morgan fingerprint density at radius 2 is 1.86 bits per heavy atom. The van der Waals surface area contributed by atoms with Crippen LogP contribution in [0.15, 0.2) is 36.4 Å². The molecule has 4 rings (SSSR count). The van der Waals surface area contributed by atoms with Crippen molar-refractivity contribution < 1.29 is 19.0 Å². The number of hydrogen-bond acceptors (Lipinski definition) is 5. The first kappa shape index (κ1) is 18.9. The van der Waals surface area contributed by atoms with E-state index in [1.807, 2.05) is 24.0 Å². The van der Waals surface area contributed by atoms with Crippen LogP contribution in [0.4, 0.5) is 0 Å². The molecule has 2 aliphatic heterocycles. The minimum atomic E-state index is 0.00711. The van der Waals surface area contributed by atoms with Gasteiger partial charge in [0.1, 0.15) is 5.75 Å². The van der Waals surface area contributed by atoms with E-state index in [9.17, 15) is 4.79 Å². The molecule has 2 aliphatic rings. The molecule has 0 spiro atoms. The quantitative estimate of drug-likeness (QED) is 0.767. The average molecular weight is 403 g/mol. The van der Waals surface area contributed by atoms with Crippen molar-refractivity contribution in [3.8, 4) is 17.2 Å². The SMILES string of the molecule is CCOc1ccc(C(=O)N2CCN(Cc3ccc4c(c3)OCO4)CC2)cc1Cl. The zero-order chi connectivity index (χ0) is 19.5. The van der Waals surface area contributed by atoms with Gasteiger partial charge in [-0.15, -0.1) is 0 Å². The van der Waals surface area contributed by atoms with Gasteiger partial charge in [0.15, 0.2) is 11.5 Å². The predicted molar refractivity (Wildman–Crippen MR) is 106 cm³/mol. The van der Waals surface area contributed by atoms with Gasteiger partial charge >= 0.3 is 0 Å². The first-order valence-electron chi connectivity index (χ1n) is 9.46. The highest BCUT2D eigenvalue weighted by atomic mass is 35.5. The van der Waals surface area contributed by atoms with Crippen LogP contribution in [0.5, 0.6) is 17.2 Å². The topological polar surface area (TPSA) is 51.2 Å². The van der Waals surface area contributed by atoms with E-state index in [0.29, 0.717) is 36.0 Å². The van der Waals surface area contributed by atoms with E-state index in [1.165, 1.54) is 5.56 Å². The van der Waals surface area contributed by atoms with Crippen LogP contribution >= 0.6 is 11.6 Å². The number of rotatable bonds is 5. The lowest BCUT2D eigenvalue weighted by Gasteiger charge is -2.34. The average Bonchev–Trinajstić information content (AvgIpc) is 3.17. The second kappa shape index (κ2) is 8.29. The van der Waals surface area contributed by atoms with Crippen LogP contribution in [-0.4, -0.2) is 55.3 Å². The zero-order valence-electron chi connectivity index (χ0n) is 15.8. The van der Waals surface area contributed by atoms with Crippen molar-refractivity contribution in [2.75, 3.05) is 39.6 Å². The van der Waals surface area contributed by atoms with E-state index in [4.69, 9.17) is 25.8 Å². The molecule has 1 amide bonds. The van der Waals surface area contributed by atoms with Crippen molar-refractivity contribution in [1.82, 2.24) is 9.80 Å². The Kier molecular flexibility index (Phi) is 5.59. The summed E-state index contributed by atoms with van der Waals surface area (Å²) in [5.41, 5.74) is 1.78. The van der Waals surface area contributed by atoms with Crippen LogP contribution in [0, 0.1) is 0 Å². The number of nitrogens with zero attached hydrogens (tertiary/aromatic N) is 2. The number of fused-ring (bicyclic) bond motifs is 1. The van der Waals surface area contributed by atoms with Crippen molar-refractivity contribution in [2.24, 2.45) is 0 Å². The molecule has 0 radical (unpaired) electrons. The molecule has 28 heavy (non-hydrogen) atoms. The molecular formula is C21H23ClN2O4. The van der Waals surface area contributed by atoms with E-state index in [-0.39, 0.29) is 12.7 Å². The second-order valence-electron chi connectivity index (χ2n) is 6.83. The van der Waals surface area contributed by atoms with Crippen molar-refractivity contribution in [2.45, 2.75) is 13.5 Å². The number of carbonyl (C=O) groups is 1. The molecule has 7 heteroatoms. The number of benzene rings is 2. The lowest BCUT2D eigenvalue weighted by Crippen LogP contribution is -2.48. The van der Waals surface area contributed by atoms with Crippen molar-refractivity contribution in [3.05, 3.63) is 52.5 Å². The van der Waals surface area contributed by atoms with Crippen LogP contribution in [0.25, 0.3) is 0 Å². The Morgan fingerprint density at radius 1 is 1.07 bits per heavy atom. The summed E-state index contributed by atoms with van der Waals surface area (Å²) in [6, 6.07) is 11.3. The monoisotopic (exact) mass is 402 g/mol. The van der Waals surface area contributed by atoms with Gasteiger partial charge < -0.3 is 19.1 Å². The van der Waals surface area contributed by atoms with Crippen LogP contribution in [0.3, 0.4) is 0 Å². The number of amides is 1. The number of ether oxygens (including phenoxy) is 3. The fourth-order valence-corrected chi connectivity index (χ4v) is 3.73. The van der Waals surface area contributed by atoms with E-state index in [1.54, 1.807) is 18.2 Å². The van der Waals surface area contributed by atoms with Crippen LogP contribution in [0.1, 0.15) is 22.8 Å². The third kappa shape index (κ3) is 4.03. The summed E-state index contributed by atoms with van der Waals surface area (Å²) in [6.07, 6.45) is 0. The molecule has 1 saturated heterocycles. The summed E-state index contributed by atoms with van der Waals surface area (Å²) in [4.78, 5) is 17.0. The highest BCUT2D eigenvalue weighted by Gasteiger charge is 2.23. The van der Waals surface area contributed by atoms with Gasteiger partial charge in [-0.2, -0.15) is 0 Å². The molecule has 0 saturated carbocycles. The third-order valence-corrected chi connectivity index (χ3v) is 5.28. The summed E-state index contributed by atoms with van der Waals surface area (Å²) >= 11 is 6.22. The number of halogens is 1. The summed E-state index contributed by atoms with van der Waals surface area (Å²) in [6.45, 7) is 6.58. The highest BCUT2D eigenvalue weighted by molar-refractivity contribution is 6.32. The Bertz CT molecular complexity index is 865. The Morgan fingerprint density at radius 3 is 2.61 bits per heavy atom. The molecule has 0 unspecified atom stereocenters. The lowest BCUT2D eigenvalue weighted by atomic mass is 10.1. The molecule has 0 atom stereocenters. The fourth-order valence-electron chi connectivity index (χ4n) is 3.50. The molecule has 0 aliphatic carbocycles. The van der Waals surface area contributed by atoms with E-state index < -0.39 is 0 Å². The molecule has 0 bridgehead atoms. The maximum absolute atomic E-state index is 12.8. The minimum Gasteiger partial charge on any atom is -0.492 e. The van der Waals surface area contributed by atoms with Gasteiger partial charge in [0.2, 0.25) is 6.79 Å². The zero-order valence-corrected chi connectivity index (χ0v) is 16.6. The van der Waals surface area contributed by atoms with Gasteiger partial charge in [-0.3, -0.25) is 9.69 Å². The normalized spacial score (nSPS) is 16.3. The van der Waals surface area contributed by atoms with Crippen molar-refractivity contribution in [3.63, 3.8) is 0 Å². The molecule has 0 aromatic heterocycles. The van der Waals surface area contributed by atoms with Gasteiger partial charge in [0, 0.05) is 38.3 Å². The maximum Gasteiger partial charge on any atom is 0.253 e. The predicted octanol–water partition coefficient (Wildman–Crippen LogP) is 3.43. The summed E-state index contributed by atoms with van der Waals surface area (Å²) < 4.78 is 16.2. The highest BCUT2D eigenvalue weighted by Crippen LogP contribution is 2.33. The van der Waals surface area contributed by atoms with Crippen LogP contribution in [0.2, 0.25) is 5.02 Å². The molecule has 148 valence electrons. The first-order valence-corrected chi connectivity index (χ1v) is 9.84. The number of piperazine rings is 1. The molecule has 2 heterocycles. The minimum absolute atomic E-state index is 0.00711. The second-order valence-corrected chi connectivity index (χ2v) is 7.24. The number of hydrogen-bond donors (Lipinski definition) is 0. The first-order chi connectivity index (χ1) is 13.6. The Hall–Kier alpha value is -2.44. The van der Waals surface area contributed by atoms with E-state index in [0.717, 1.165) is 31.1 Å². The summed E-state index contributed by atoms with van der Waals surface area (Å²) in [5.74, 6) is 2.22. The smallest absolute Gasteiger partial charge is 0.253 e. The van der Waals surface area contributed by atoms with Crippen molar-refractivity contribution >= 4 is 17.5 Å². The van der Waals surface area contributed by atoms with Gasteiger partial charge in [-0.05, 0) is 42.8 Å². The molecule has 0 N–H and O–H groups in total. The fraction of sp³-hybridized carbons (Fsp3) is 0.381. The maximum atomic E-state index is 12.8. The standard InChI is InChI=1S/C21H23ClN2O4/c1-2-26-18-6-4-16(12-17(18)22)21(25)24-9-7-23(8-10-24)13-15-3-5-19-20(11-15)28-14-27-19/h3-6,11-12H,2,7-10,13-14H2,1H3. The van der Waals surface area contributed by atoms with Gasteiger partial charge in [-0.1, -0.05) is 17.7 Å². The molecule has 6 nitrogen and oxygen atoms in total. The van der Waals surface area contributed by atoms with E-state index in [2.05, 4.69) is 11.0 Å². The van der Waals surface area contributed by atoms with Gasteiger partial charge in [0.05, 0.1) is 11.6 Å². The van der Waals surface area contributed by atoms with Gasteiger partial charge in [0.25, 0.3) is 5.91 Å². The van der Waals surface area contributed by atoms with Crippen LogP contribution in [-0.2, 0) is 6.54 Å². The van der Waals surface area contributed by atoms with E-state index >= 15 is 0 Å². The molecule has 2 aromatic carbocycles. The van der Waals surface area contributed by atoms with Gasteiger partial charge in [-0.25, -0.2) is 0 Å². The third-order valence-electron chi connectivity index (χ3n) is 4.98. The summed E-state index contributed by atoms with van der Waals surface area (Å²) in [7, 11) is 0. The molecular weight excluding hydrogens is 380 g/mol. The lowest BCUT2D eigenvalue weighted by molar-refractivity contribution is 0.0628. The largest absolute Gasteiger partial charge is 0.492 e. The number of carbonyl (C=O) groups excluding carboxylic acids is 1. The van der Waals surface area contributed by atoms with Crippen molar-refractivity contribution in [1.29, 1.82) is 0 Å². The van der Waals surface area contributed by atoms with Crippen LogP contribution < -0.4 is 14.2 Å². The Labute approximate surface area is 169 Å². The molecule has 1 fully saturated rings. The Balaban J connectivity index is 1.33. The summed E-state index contributed by atoms with van der Waals surface area (Å²) in [5, 5.41) is 0.467. The molecule has 2 aromatic rings.